The highest BCUT2D eigenvalue weighted by Crippen LogP contribution is 2.53. The van der Waals surface area contributed by atoms with Crippen LogP contribution in [0.2, 0.25) is 0 Å². The summed E-state index contributed by atoms with van der Waals surface area (Å²) < 4.78 is 44.9. The van der Waals surface area contributed by atoms with E-state index in [1.807, 2.05) is 11.0 Å². The molecule has 1 atom stereocenters. The lowest BCUT2D eigenvalue weighted by atomic mass is 9.57. The number of carbonyl (C=O) groups is 4. The van der Waals surface area contributed by atoms with E-state index in [1.54, 1.807) is 48.8 Å². The summed E-state index contributed by atoms with van der Waals surface area (Å²) in [5.74, 6) is -1.51. The summed E-state index contributed by atoms with van der Waals surface area (Å²) in [6, 6.07) is 12.6. The SMILES string of the molecule is O=C1CCC(N2C(=O)c3ccc(N4CCN(CC5CC6(CCN(c7ncc(-c8ccc9c%10cnccc%10n(C(F)F)c9c8)cc7F)CC6)C5)CC4)cc3C2=O)C(=O)N1. The van der Waals surface area contributed by atoms with E-state index >= 15 is 4.39 Å². The molecule has 4 fully saturated rings. The number of nitrogens with one attached hydrogen (secondary N) is 1. The summed E-state index contributed by atoms with van der Waals surface area (Å²) in [6.07, 6.45) is 9.16. The molecule has 10 rings (SSSR count). The Kier molecular flexibility index (Phi) is 8.77. The van der Waals surface area contributed by atoms with Crippen molar-refractivity contribution in [2.45, 2.75) is 51.1 Å². The van der Waals surface area contributed by atoms with Gasteiger partial charge in [-0.2, -0.15) is 8.78 Å². The lowest BCUT2D eigenvalue weighted by molar-refractivity contribution is -0.136. The van der Waals surface area contributed by atoms with Gasteiger partial charge in [-0.25, -0.2) is 9.37 Å². The van der Waals surface area contributed by atoms with Crippen LogP contribution in [0, 0.1) is 17.2 Å². The molecule has 3 aromatic heterocycles. The Morgan fingerprint density at radius 2 is 1.57 bits per heavy atom. The number of aromatic nitrogens is 3. The molecule has 15 heteroatoms. The van der Waals surface area contributed by atoms with Gasteiger partial charge in [-0.3, -0.25) is 43.8 Å². The third-order valence-electron chi connectivity index (χ3n) is 13.2. The second-order valence-electron chi connectivity index (χ2n) is 16.5. The number of fused-ring (bicyclic) bond motifs is 4. The van der Waals surface area contributed by atoms with Crippen molar-refractivity contribution in [3.05, 3.63) is 84.1 Å². The van der Waals surface area contributed by atoms with E-state index in [4.69, 9.17) is 0 Å². The molecule has 298 valence electrons. The lowest BCUT2D eigenvalue weighted by Gasteiger charge is -2.54. The molecule has 0 bridgehead atoms. The van der Waals surface area contributed by atoms with Gasteiger partial charge in [0.15, 0.2) is 11.6 Å². The maximum absolute atomic E-state index is 15.7. The summed E-state index contributed by atoms with van der Waals surface area (Å²) in [7, 11) is 0. The van der Waals surface area contributed by atoms with Gasteiger partial charge in [-0.05, 0) is 85.4 Å². The summed E-state index contributed by atoms with van der Waals surface area (Å²) in [4.78, 5) is 66.9. The lowest BCUT2D eigenvalue weighted by Crippen LogP contribution is -2.54. The molecule has 58 heavy (non-hydrogen) atoms. The molecule has 1 spiro atoms. The highest BCUT2D eigenvalue weighted by molar-refractivity contribution is 6.23. The number of nitrogens with zero attached hydrogens (tertiary/aromatic N) is 7. The highest BCUT2D eigenvalue weighted by atomic mass is 19.3. The molecule has 3 saturated heterocycles. The van der Waals surface area contributed by atoms with Crippen LogP contribution in [-0.4, -0.2) is 99.8 Å². The average molecular weight is 791 g/mol. The Morgan fingerprint density at radius 3 is 2.31 bits per heavy atom. The number of rotatable bonds is 7. The van der Waals surface area contributed by atoms with E-state index in [1.165, 1.54) is 12.3 Å². The Bertz CT molecular complexity index is 2520. The number of halogens is 3. The number of hydrogen-bond acceptors (Lipinski definition) is 9. The molecular weight excluding hydrogens is 750 g/mol. The van der Waals surface area contributed by atoms with Gasteiger partial charge in [0, 0.05) is 92.8 Å². The van der Waals surface area contributed by atoms with Crippen LogP contribution in [-0.2, 0) is 9.59 Å². The smallest absolute Gasteiger partial charge is 0.319 e. The second kappa shape index (κ2) is 13.9. The first-order valence-electron chi connectivity index (χ1n) is 20.0. The normalized spacial score (nSPS) is 21.4. The third kappa shape index (κ3) is 6.09. The quantitative estimate of drug-likeness (QED) is 0.198. The summed E-state index contributed by atoms with van der Waals surface area (Å²) in [5, 5.41) is 3.54. The van der Waals surface area contributed by atoms with Gasteiger partial charge < -0.3 is 9.80 Å². The summed E-state index contributed by atoms with van der Waals surface area (Å²) in [6.45, 7) is 3.07. The molecule has 4 aliphatic heterocycles. The van der Waals surface area contributed by atoms with Crippen LogP contribution in [0.3, 0.4) is 0 Å². The van der Waals surface area contributed by atoms with Crippen LogP contribution >= 0.6 is 0 Å². The van der Waals surface area contributed by atoms with Gasteiger partial charge in [0.2, 0.25) is 11.8 Å². The molecular formula is C43H41F3N8O4. The van der Waals surface area contributed by atoms with E-state index < -0.39 is 42.0 Å². The van der Waals surface area contributed by atoms with Crippen molar-refractivity contribution in [2.24, 2.45) is 11.3 Å². The fraction of sp³-hybridized carbons (Fsp3) is 0.395. The molecule has 7 heterocycles. The number of alkyl halides is 2. The van der Waals surface area contributed by atoms with Crippen molar-refractivity contribution in [2.75, 3.05) is 55.6 Å². The van der Waals surface area contributed by atoms with Crippen molar-refractivity contribution < 1.29 is 32.3 Å². The molecule has 12 nitrogen and oxygen atoms in total. The maximum atomic E-state index is 15.7. The maximum Gasteiger partial charge on any atom is 0.319 e. The van der Waals surface area contributed by atoms with Crippen LogP contribution in [0.15, 0.2) is 67.1 Å². The monoisotopic (exact) mass is 790 g/mol. The molecule has 1 N–H and O–H groups in total. The largest absolute Gasteiger partial charge is 0.369 e. The Morgan fingerprint density at radius 1 is 0.793 bits per heavy atom. The zero-order chi connectivity index (χ0) is 39.9. The number of benzene rings is 2. The van der Waals surface area contributed by atoms with E-state index in [9.17, 15) is 28.0 Å². The van der Waals surface area contributed by atoms with Gasteiger partial charge in [0.1, 0.15) is 6.04 Å². The average Bonchev–Trinajstić information content (AvgIpc) is 3.67. The molecule has 4 amide bonds. The van der Waals surface area contributed by atoms with Crippen molar-refractivity contribution in [1.82, 2.24) is 29.7 Å². The number of piperazine rings is 1. The van der Waals surface area contributed by atoms with Crippen LogP contribution < -0.4 is 15.1 Å². The van der Waals surface area contributed by atoms with Crippen molar-refractivity contribution in [3.63, 3.8) is 0 Å². The first-order chi connectivity index (χ1) is 28.1. The number of anilines is 2. The van der Waals surface area contributed by atoms with Gasteiger partial charge >= 0.3 is 6.55 Å². The van der Waals surface area contributed by atoms with E-state index in [-0.39, 0.29) is 23.8 Å². The number of carbonyl (C=O) groups excluding carboxylic acids is 4. The number of pyridine rings is 2. The highest BCUT2D eigenvalue weighted by Gasteiger charge is 2.47. The van der Waals surface area contributed by atoms with Crippen molar-refractivity contribution in [1.29, 1.82) is 0 Å². The summed E-state index contributed by atoms with van der Waals surface area (Å²) in [5.41, 5.74) is 3.61. The van der Waals surface area contributed by atoms with Crippen molar-refractivity contribution in [3.8, 4) is 11.1 Å². The third-order valence-corrected chi connectivity index (χ3v) is 13.2. The number of amides is 4. The van der Waals surface area contributed by atoms with Crippen LogP contribution in [0.25, 0.3) is 32.9 Å². The van der Waals surface area contributed by atoms with Gasteiger partial charge in [0.25, 0.3) is 11.8 Å². The van der Waals surface area contributed by atoms with Crippen LogP contribution in [0.5, 0.6) is 0 Å². The molecule has 2 aromatic carbocycles. The standard InChI is InChI=1S/C43H41F3N8O4/c44-33-17-27(26-1-3-29-32-23-47-10-7-34(32)53(42(45)46)36(29)18-26)22-48-38(33)52-11-8-43(9-12-52)20-25(21-43)24-50-13-15-51(16-14-50)28-2-4-30-31(19-28)41(58)54(40(30)57)35-5-6-37(55)49-39(35)56/h1-4,7,10,17-19,22-23,25,35,42H,5-6,8-9,11-16,20-21,24H2,(H,49,55,56). The molecule has 0 radical (unpaired) electrons. The van der Waals surface area contributed by atoms with E-state index in [2.05, 4.69) is 25.1 Å². The number of piperidine rings is 2. The molecule has 1 saturated carbocycles. The predicted molar refractivity (Wildman–Crippen MR) is 210 cm³/mol. The number of imide groups is 2. The fourth-order valence-corrected chi connectivity index (χ4v) is 10.2. The van der Waals surface area contributed by atoms with Gasteiger partial charge in [-0.1, -0.05) is 12.1 Å². The fourth-order valence-electron chi connectivity index (χ4n) is 10.2. The van der Waals surface area contributed by atoms with Crippen LogP contribution in [0.1, 0.15) is 65.8 Å². The zero-order valence-electron chi connectivity index (χ0n) is 31.7. The molecule has 5 aromatic rings. The van der Waals surface area contributed by atoms with Gasteiger partial charge in [0.05, 0.1) is 22.2 Å². The Balaban J connectivity index is 0.718. The second-order valence-corrected chi connectivity index (χ2v) is 16.5. The first-order valence-corrected chi connectivity index (χ1v) is 20.0. The predicted octanol–water partition coefficient (Wildman–Crippen LogP) is 6.01. The van der Waals surface area contributed by atoms with E-state index in [0.29, 0.717) is 50.2 Å². The van der Waals surface area contributed by atoms with E-state index in [0.717, 1.165) is 86.7 Å². The molecule has 1 unspecified atom stereocenters. The summed E-state index contributed by atoms with van der Waals surface area (Å²) >= 11 is 0. The topological polar surface area (TPSA) is 124 Å². The van der Waals surface area contributed by atoms with Crippen molar-refractivity contribution >= 4 is 56.9 Å². The Hall–Kier alpha value is -5.83. The minimum Gasteiger partial charge on any atom is -0.369 e. The minimum absolute atomic E-state index is 0.0819. The minimum atomic E-state index is -2.74. The van der Waals surface area contributed by atoms with Gasteiger partial charge in [-0.15, -0.1) is 0 Å². The zero-order valence-corrected chi connectivity index (χ0v) is 31.7. The number of hydrogen-bond donors (Lipinski definition) is 1. The molecule has 1 aliphatic carbocycles. The van der Waals surface area contributed by atoms with Crippen LogP contribution in [0.4, 0.5) is 24.7 Å². The molecule has 5 aliphatic rings. The first kappa shape index (κ1) is 36.5. The Labute approximate surface area is 331 Å².